The molecule has 10 heteroatoms. The fraction of sp³-hybridized carbons (Fsp3) is 0.320. The average Bonchev–Trinajstić information content (AvgIpc) is 3.03. The van der Waals surface area contributed by atoms with Gasteiger partial charge in [-0.3, -0.25) is 24.1 Å². The molecular formula is C25H28N4O6. The molecule has 0 fully saturated rings. The first kappa shape index (κ1) is 25.4. The van der Waals surface area contributed by atoms with Crippen LogP contribution in [0.3, 0.4) is 0 Å². The third kappa shape index (κ3) is 7.13. The van der Waals surface area contributed by atoms with Gasteiger partial charge < -0.3 is 20.7 Å². The van der Waals surface area contributed by atoms with Gasteiger partial charge in [0.2, 0.25) is 11.8 Å². The van der Waals surface area contributed by atoms with Crippen LogP contribution in [0, 0.1) is 0 Å². The minimum atomic E-state index is -0.686. The van der Waals surface area contributed by atoms with E-state index in [0.717, 1.165) is 4.90 Å². The number of imide groups is 1. The lowest BCUT2D eigenvalue weighted by Crippen LogP contribution is -2.37. The van der Waals surface area contributed by atoms with Crippen molar-refractivity contribution < 1.29 is 28.7 Å². The van der Waals surface area contributed by atoms with Crippen LogP contribution in [-0.4, -0.2) is 53.3 Å². The summed E-state index contributed by atoms with van der Waals surface area (Å²) in [5.41, 5.74) is 1.13. The number of nitrogens with zero attached hydrogens (tertiary/aromatic N) is 1. The van der Waals surface area contributed by atoms with E-state index in [2.05, 4.69) is 16.0 Å². The summed E-state index contributed by atoms with van der Waals surface area (Å²) in [4.78, 5) is 61.7. The quantitative estimate of drug-likeness (QED) is 0.497. The van der Waals surface area contributed by atoms with E-state index in [0.29, 0.717) is 28.9 Å². The SMILES string of the molecule is CC(C)(C)OC(=O)NCC(=O)Nc1ccc(NC(=O)CCCN2C(=O)c3ccccc3C2=O)cc1. The van der Waals surface area contributed by atoms with Crippen molar-refractivity contribution in [1.29, 1.82) is 0 Å². The lowest BCUT2D eigenvalue weighted by Gasteiger charge is -2.19. The Labute approximate surface area is 203 Å². The maximum absolute atomic E-state index is 12.4. The van der Waals surface area contributed by atoms with Crippen LogP contribution >= 0.6 is 0 Å². The zero-order chi connectivity index (χ0) is 25.6. The van der Waals surface area contributed by atoms with E-state index in [-0.39, 0.29) is 37.2 Å². The number of hydrogen-bond donors (Lipinski definition) is 3. The molecule has 0 spiro atoms. The van der Waals surface area contributed by atoms with Crippen LogP contribution in [0.4, 0.5) is 16.2 Å². The van der Waals surface area contributed by atoms with E-state index in [9.17, 15) is 24.0 Å². The summed E-state index contributed by atoms with van der Waals surface area (Å²) < 4.78 is 5.07. The molecule has 5 amide bonds. The van der Waals surface area contributed by atoms with Crippen molar-refractivity contribution in [3.05, 3.63) is 59.7 Å². The van der Waals surface area contributed by atoms with Gasteiger partial charge in [-0.25, -0.2) is 4.79 Å². The van der Waals surface area contributed by atoms with E-state index >= 15 is 0 Å². The fourth-order valence-electron chi connectivity index (χ4n) is 3.37. The van der Waals surface area contributed by atoms with E-state index in [4.69, 9.17) is 4.74 Å². The third-order valence-electron chi connectivity index (χ3n) is 4.91. The number of hydrogen-bond acceptors (Lipinski definition) is 6. The molecule has 1 heterocycles. The van der Waals surface area contributed by atoms with E-state index in [1.165, 1.54) is 0 Å². The molecule has 0 aromatic heterocycles. The molecule has 0 atom stereocenters. The highest BCUT2D eigenvalue weighted by Crippen LogP contribution is 2.22. The van der Waals surface area contributed by atoms with E-state index in [1.54, 1.807) is 69.3 Å². The fourth-order valence-corrected chi connectivity index (χ4v) is 3.37. The summed E-state index contributed by atoms with van der Waals surface area (Å²) in [6, 6.07) is 13.1. The summed E-state index contributed by atoms with van der Waals surface area (Å²) in [5.74, 6) is -1.38. The third-order valence-corrected chi connectivity index (χ3v) is 4.91. The van der Waals surface area contributed by atoms with Gasteiger partial charge >= 0.3 is 6.09 Å². The summed E-state index contributed by atoms with van der Waals surface area (Å²) >= 11 is 0. The predicted molar refractivity (Wildman–Crippen MR) is 129 cm³/mol. The van der Waals surface area contributed by atoms with Gasteiger partial charge in [-0.2, -0.15) is 0 Å². The highest BCUT2D eigenvalue weighted by molar-refractivity contribution is 6.21. The van der Waals surface area contributed by atoms with Gasteiger partial charge in [-0.15, -0.1) is 0 Å². The minimum absolute atomic E-state index is 0.127. The van der Waals surface area contributed by atoms with Crippen molar-refractivity contribution in [2.45, 2.75) is 39.2 Å². The van der Waals surface area contributed by atoms with Crippen LogP contribution in [0.25, 0.3) is 0 Å². The van der Waals surface area contributed by atoms with Gasteiger partial charge in [0.15, 0.2) is 0 Å². The van der Waals surface area contributed by atoms with Gasteiger partial charge in [-0.1, -0.05) is 12.1 Å². The highest BCUT2D eigenvalue weighted by atomic mass is 16.6. The number of nitrogens with one attached hydrogen (secondary N) is 3. The van der Waals surface area contributed by atoms with Gasteiger partial charge in [0, 0.05) is 24.3 Å². The summed E-state index contributed by atoms with van der Waals surface area (Å²) in [6.45, 7) is 5.08. The van der Waals surface area contributed by atoms with Crippen LogP contribution < -0.4 is 16.0 Å². The predicted octanol–water partition coefficient (Wildman–Crippen LogP) is 3.16. The van der Waals surface area contributed by atoms with E-state index in [1.807, 2.05) is 0 Å². The normalized spacial score (nSPS) is 12.7. The Kier molecular flexibility index (Phi) is 7.85. The second-order valence-electron chi connectivity index (χ2n) is 8.94. The number of amides is 5. The number of fused-ring (bicyclic) bond motifs is 1. The van der Waals surface area contributed by atoms with Crippen molar-refractivity contribution in [2.75, 3.05) is 23.7 Å². The van der Waals surface area contributed by atoms with Crippen molar-refractivity contribution in [1.82, 2.24) is 10.2 Å². The molecule has 0 saturated carbocycles. The second kappa shape index (κ2) is 10.8. The molecule has 0 aliphatic carbocycles. The lowest BCUT2D eigenvalue weighted by molar-refractivity contribution is -0.116. The highest BCUT2D eigenvalue weighted by Gasteiger charge is 2.34. The average molecular weight is 481 g/mol. The molecule has 3 N–H and O–H groups in total. The van der Waals surface area contributed by atoms with Gasteiger partial charge in [-0.05, 0) is 63.6 Å². The largest absolute Gasteiger partial charge is 0.444 e. The number of rotatable bonds is 8. The molecule has 0 unspecified atom stereocenters. The number of ether oxygens (including phenoxy) is 1. The smallest absolute Gasteiger partial charge is 0.408 e. The molecule has 1 aliphatic heterocycles. The minimum Gasteiger partial charge on any atom is -0.444 e. The monoisotopic (exact) mass is 480 g/mol. The molecule has 184 valence electrons. The van der Waals surface area contributed by atoms with Crippen molar-refractivity contribution >= 4 is 41.1 Å². The lowest BCUT2D eigenvalue weighted by atomic mass is 10.1. The van der Waals surface area contributed by atoms with Crippen LogP contribution in [0.1, 0.15) is 54.3 Å². The topological polar surface area (TPSA) is 134 Å². The van der Waals surface area contributed by atoms with Crippen molar-refractivity contribution in [2.24, 2.45) is 0 Å². The standard InChI is InChI=1S/C25H28N4O6/c1-25(2,3)35-24(34)26-15-21(31)28-17-12-10-16(11-13-17)27-20(30)9-6-14-29-22(32)18-7-4-5-8-19(18)23(29)33/h4-5,7-8,10-13H,6,9,14-15H2,1-3H3,(H,26,34)(H,27,30)(H,28,31). The number of alkyl carbamates (subject to hydrolysis) is 1. The zero-order valence-electron chi connectivity index (χ0n) is 19.8. The first-order valence-corrected chi connectivity index (χ1v) is 11.2. The van der Waals surface area contributed by atoms with Crippen molar-refractivity contribution in [3.8, 4) is 0 Å². The summed E-state index contributed by atoms with van der Waals surface area (Å²) in [5, 5.41) is 7.74. The molecule has 10 nitrogen and oxygen atoms in total. The van der Waals surface area contributed by atoms with Crippen molar-refractivity contribution in [3.63, 3.8) is 0 Å². The molecule has 2 aromatic carbocycles. The molecule has 1 aliphatic rings. The maximum Gasteiger partial charge on any atom is 0.408 e. The Morgan fingerprint density at radius 1 is 0.829 bits per heavy atom. The maximum atomic E-state index is 12.4. The van der Waals surface area contributed by atoms with Crippen LogP contribution in [-0.2, 0) is 14.3 Å². The molecule has 2 aromatic rings. The van der Waals surface area contributed by atoms with E-state index < -0.39 is 17.6 Å². The number of benzene rings is 2. The zero-order valence-corrected chi connectivity index (χ0v) is 19.8. The van der Waals surface area contributed by atoms with Crippen LogP contribution in [0.5, 0.6) is 0 Å². The number of anilines is 2. The first-order chi connectivity index (χ1) is 16.5. The summed E-state index contributed by atoms with van der Waals surface area (Å²) in [7, 11) is 0. The van der Waals surface area contributed by atoms with Gasteiger partial charge in [0.05, 0.1) is 11.1 Å². The second-order valence-corrected chi connectivity index (χ2v) is 8.94. The van der Waals surface area contributed by atoms with Crippen LogP contribution in [0.2, 0.25) is 0 Å². The molecule has 0 bridgehead atoms. The Morgan fingerprint density at radius 3 is 1.86 bits per heavy atom. The Hall–Kier alpha value is -4.21. The first-order valence-electron chi connectivity index (χ1n) is 11.2. The molecule has 0 saturated heterocycles. The van der Waals surface area contributed by atoms with Gasteiger partial charge in [0.1, 0.15) is 12.1 Å². The molecule has 0 radical (unpaired) electrons. The summed E-state index contributed by atoms with van der Waals surface area (Å²) in [6.07, 6.45) is -0.230. The molecule has 3 rings (SSSR count). The molecule has 35 heavy (non-hydrogen) atoms. The number of carbonyl (C=O) groups is 5. The number of carbonyl (C=O) groups excluding carboxylic acids is 5. The van der Waals surface area contributed by atoms with Gasteiger partial charge in [0.25, 0.3) is 11.8 Å². The van der Waals surface area contributed by atoms with Crippen LogP contribution in [0.15, 0.2) is 48.5 Å². The molecular weight excluding hydrogens is 452 g/mol. The Balaban J connectivity index is 1.39. The Bertz CT molecular complexity index is 1100. The Morgan fingerprint density at radius 2 is 1.34 bits per heavy atom.